The number of amides is 1. The van der Waals surface area contributed by atoms with Gasteiger partial charge in [0.1, 0.15) is 6.04 Å². The molecular formula is C12H18N2OS. The van der Waals surface area contributed by atoms with E-state index in [1.54, 1.807) is 11.3 Å². The minimum absolute atomic E-state index is 0.270. The summed E-state index contributed by atoms with van der Waals surface area (Å²) in [7, 11) is 0. The fraction of sp³-hybridized carbons (Fsp3) is 0.583. The molecule has 0 aromatic carbocycles. The van der Waals surface area contributed by atoms with Crippen LogP contribution in [0.3, 0.4) is 0 Å². The molecule has 1 aliphatic rings. The molecule has 0 bridgehead atoms. The molecule has 0 saturated heterocycles. The highest BCUT2D eigenvalue weighted by molar-refractivity contribution is 7.12. The van der Waals surface area contributed by atoms with Gasteiger partial charge in [-0.1, -0.05) is 12.8 Å². The van der Waals surface area contributed by atoms with Crippen LogP contribution in [0.4, 0.5) is 0 Å². The van der Waals surface area contributed by atoms with Gasteiger partial charge in [-0.25, -0.2) is 0 Å². The molecule has 1 aromatic heterocycles. The van der Waals surface area contributed by atoms with E-state index in [0.29, 0.717) is 6.04 Å². The molecule has 4 heteroatoms. The second-order valence-electron chi connectivity index (χ2n) is 4.43. The summed E-state index contributed by atoms with van der Waals surface area (Å²) in [4.78, 5) is 13.7. The number of hydrogen-bond donors (Lipinski definition) is 2. The van der Waals surface area contributed by atoms with E-state index in [2.05, 4.69) is 5.32 Å². The van der Waals surface area contributed by atoms with Gasteiger partial charge in [0, 0.05) is 15.8 Å². The van der Waals surface area contributed by atoms with Crippen LogP contribution in [0, 0.1) is 6.92 Å². The first kappa shape index (κ1) is 11.6. The Morgan fingerprint density at radius 3 is 2.69 bits per heavy atom. The van der Waals surface area contributed by atoms with Crippen molar-refractivity contribution in [1.82, 2.24) is 5.32 Å². The van der Waals surface area contributed by atoms with Crippen molar-refractivity contribution >= 4 is 17.2 Å². The van der Waals surface area contributed by atoms with Crippen molar-refractivity contribution in [2.75, 3.05) is 0 Å². The summed E-state index contributed by atoms with van der Waals surface area (Å²) < 4.78 is 0. The monoisotopic (exact) mass is 238 g/mol. The van der Waals surface area contributed by atoms with Crippen molar-refractivity contribution < 1.29 is 4.79 Å². The summed E-state index contributed by atoms with van der Waals surface area (Å²) in [5, 5.41) is 3.38. The average molecular weight is 238 g/mol. The molecule has 1 saturated carbocycles. The van der Waals surface area contributed by atoms with Gasteiger partial charge in [0.05, 0.1) is 0 Å². The van der Waals surface area contributed by atoms with Gasteiger partial charge in [-0.15, -0.1) is 11.3 Å². The third-order valence-electron chi connectivity index (χ3n) is 3.09. The van der Waals surface area contributed by atoms with E-state index in [4.69, 9.17) is 5.73 Å². The van der Waals surface area contributed by atoms with Gasteiger partial charge in [0.25, 0.3) is 0 Å². The smallest absolute Gasteiger partial charge is 0.240 e. The molecule has 1 aromatic rings. The molecule has 1 amide bonds. The van der Waals surface area contributed by atoms with Gasteiger partial charge in [0.15, 0.2) is 0 Å². The van der Waals surface area contributed by atoms with Crippen LogP contribution in [0.15, 0.2) is 12.1 Å². The summed E-state index contributed by atoms with van der Waals surface area (Å²) in [6, 6.07) is 4.19. The van der Waals surface area contributed by atoms with Crippen molar-refractivity contribution in [2.24, 2.45) is 5.73 Å². The van der Waals surface area contributed by atoms with Gasteiger partial charge >= 0.3 is 0 Å². The van der Waals surface area contributed by atoms with Crippen molar-refractivity contribution in [3.8, 4) is 0 Å². The van der Waals surface area contributed by atoms with Crippen LogP contribution in [0.2, 0.25) is 0 Å². The van der Waals surface area contributed by atoms with E-state index >= 15 is 0 Å². The fourth-order valence-corrected chi connectivity index (χ4v) is 3.19. The van der Waals surface area contributed by atoms with Gasteiger partial charge in [0.2, 0.25) is 5.91 Å². The largest absolute Gasteiger partial charge is 0.368 e. The molecule has 1 aliphatic carbocycles. The minimum atomic E-state index is -0.304. The molecular weight excluding hydrogens is 220 g/mol. The maximum atomic E-state index is 11.5. The lowest BCUT2D eigenvalue weighted by Crippen LogP contribution is -2.38. The fourth-order valence-electron chi connectivity index (χ4n) is 2.24. The second kappa shape index (κ2) is 4.97. The van der Waals surface area contributed by atoms with E-state index in [1.165, 1.54) is 17.7 Å². The van der Waals surface area contributed by atoms with Crippen LogP contribution < -0.4 is 11.1 Å². The molecule has 1 unspecified atom stereocenters. The first-order valence-corrected chi connectivity index (χ1v) is 6.60. The number of primary amides is 1. The summed E-state index contributed by atoms with van der Waals surface area (Å²) in [5.74, 6) is -0.270. The molecule has 3 N–H and O–H groups in total. The summed E-state index contributed by atoms with van der Waals surface area (Å²) >= 11 is 1.64. The number of aryl methyl sites for hydroxylation is 1. The minimum Gasteiger partial charge on any atom is -0.368 e. The Kier molecular flexibility index (Phi) is 3.61. The normalized spacial score (nSPS) is 18.8. The Balaban J connectivity index is 2.07. The predicted molar refractivity (Wildman–Crippen MR) is 66.4 cm³/mol. The van der Waals surface area contributed by atoms with Gasteiger partial charge in [-0.3, -0.25) is 10.1 Å². The quantitative estimate of drug-likeness (QED) is 0.844. The van der Waals surface area contributed by atoms with E-state index < -0.39 is 0 Å². The highest BCUT2D eigenvalue weighted by atomic mass is 32.1. The standard InChI is InChI=1S/C12H18N2OS/c1-8-6-7-10(16-8)11(12(13)15)14-9-4-2-3-5-9/h6-7,9,11,14H,2-5H2,1H3,(H2,13,15). The predicted octanol–water partition coefficient (Wildman–Crippen LogP) is 2.12. The lowest BCUT2D eigenvalue weighted by Gasteiger charge is -2.19. The van der Waals surface area contributed by atoms with Crippen molar-refractivity contribution in [2.45, 2.75) is 44.7 Å². The van der Waals surface area contributed by atoms with Crippen molar-refractivity contribution in [3.63, 3.8) is 0 Å². The average Bonchev–Trinajstić information content (AvgIpc) is 2.84. The number of rotatable bonds is 4. The third-order valence-corrected chi connectivity index (χ3v) is 4.15. The van der Waals surface area contributed by atoms with Crippen LogP contribution in [0.5, 0.6) is 0 Å². The molecule has 0 radical (unpaired) electrons. The van der Waals surface area contributed by atoms with Crippen molar-refractivity contribution in [1.29, 1.82) is 0 Å². The van der Waals surface area contributed by atoms with Crippen LogP contribution >= 0.6 is 11.3 Å². The maximum absolute atomic E-state index is 11.5. The summed E-state index contributed by atoms with van der Waals surface area (Å²) in [6.45, 7) is 2.04. The first-order valence-electron chi connectivity index (χ1n) is 5.78. The molecule has 1 atom stereocenters. The molecule has 3 nitrogen and oxygen atoms in total. The van der Waals surface area contributed by atoms with Crippen LogP contribution in [-0.4, -0.2) is 11.9 Å². The molecule has 1 fully saturated rings. The summed E-state index contributed by atoms with van der Waals surface area (Å²) in [5.41, 5.74) is 5.46. The van der Waals surface area contributed by atoms with Crippen molar-refractivity contribution in [3.05, 3.63) is 21.9 Å². The highest BCUT2D eigenvalue weighted by Crippen LogP contribution is 2.26. The van der Waals surface area contributed by atoms with Crippen LogP contribution in [0.25, 0.3) is 0 Å². The van der Waals surface area contributed by atoms with E-state index in [-0.39, 0.29) is 11.9 Å². The topological polar surface area (TPSA) is 55.1 Å². The first-order chi connectivity index (χ1) is 7.66. The second-order valence-corrected chi connectivity index (χ2v) is 5.75. The SMILES string of the molecule is Cc1ccc(C(NC2CCCC2)C(N)=O)s1. The Labute approximate surface area is 100 Å². The van der Waals surface area contributed by atoms with E-state index in [0.717, 1.165) is 17.7 Å². The third kappa shape index (κ3) is 2.62. The zero-order valence-electron chi connectivity index (χ0n) is 9.53. The number of nitrogens with one attached hydrogen (secondary N) is 1. The number of hydrogen-bond acceptors (Lipinski definition) is 3. The zero-order valence-corrected chi connectivity index (χ0v) is 10.3. The Bertz CT molecular complexity index is 369. The number of carbonyl (C=O) groups is 1. The van der Waals surface area contributed by atoms with Crippen LogP contribution in [0.1, 0.15) is 41.5 Å². The van der Waals surface area contributed by atoms with Gasteiger partial charge in [-0.05, 0) is 31.9 Å². The highest BCUT2D eigenvalue weighted by Gasteiger charge is 2.24. The molecule has 88 valence electrons. The van der Waals surface area contributed by atoms with Crippen LogP contribution in [-0.2, 0) is 4.79 Å². The maximum Gasteiger partial charge on any atom is 0.240 e. The van der Waals surface area contributed by atoms with Gasteiger partial charge < -0.3 is 5.73 Å². The number of carbonyl (C=O) groups excluding carboxylic acids is 1. The molecule has 2 rings (SSSR count). The molecule has 0 spiro atoms. The lowest BCUT2D eigenvalue weighted by molar-refractivity contribution is -0.120. The van der Waals surface area contributed by atoms with E-state index in [9.17, 15) is 4.79 Å². The molecule has 16 heavy (non-hydrogen) atoms. The molecule has 0 aliphatic heterocycles. The number of thiophene rings is 1. The molecule has 1 heterocycles. The Hall–Kier alpha value is -0.870. The Morgan fingerprint density at radius 1 is 1.50 bits per heavy atom. The lowest BCUT2D eigenvalue weighted by atomic mass is 10.1. The Morgan fingerprint density at radius 2 is 2.19 bits per heavy atom. The van der Waals surface area contributed by atoms with Gasteiger partial charge in [-0.2, -0.15) is 0 Å². The number of nitrogens with two attached hydrogens (primary N) is 1. The summed E-state index contributed by atoms with van der Waals surface area (Å²) in [6.07, 6.45) is 4.83. The zero-order chi connectivity index (χ0) is 11.5. The van der Waals surface area contributed by atoms with E-state index in [1.807, 2.05) is 19.1 Å².